The zero-order valence-corrected chi connectivity index (χ0v) is 11.5. The van der Waals surface area contributed by atoms with Gasteiger partial charge >= 0.3 is 0 Å². The quantitative estimate of drug-likeness (QED) is 0.813. The normalized spacial score (nSPS) is 20.2. The van der Waals surface area contributed by atoms with Crippen molar-refractivity contribution in [3.05, 3.63) is 35.4 Å². The maximum Gasteiger partial charge on any atom is 0.224 e. The van der Waals surface area contributed by atoms with Crippen LogP contribution in [0.5, 0.6) is 0 Å². The molecule has 96 valence electrons. The molecular formula is C14H18N2OS. The van der Waals surface area contributed by atoms with Crippen LogP contribution in [0.25, 0.3) is 0 Å². The van der Waals surface area contributed by atoms with E-state index in [2.05, 4.69) is 19.2 Å². The number of nitrogens with two attached hydrogens (primary N) is 1. The van der Waals surface area contributed by atoms with E-state index in [-0.39, 0.29) is 11.3 Å². The molecule has 1 aromatic rings. The Morgan fingerprint density at radius 3 is 2.44 bits per heavy atom. The van der Waals surface area contributed by atoms with Gasteiger partial charge in [0.25, 0.3) is 0 Å². The van der Waals surface area contributed by atoms with E-state index in [1.807, 2.05) is 24.3 Å². The second kappa shape index (κ2) is 4.69. The lowest BCUT2D eigenvalue weighted by Gasteiger charge is -2.07. The van der Waals surface area contributed by atoms with Crippen molar-refractivity contribution < 1.29 is 4.79 Å². The van der Waals surface area contributed by atoms with Gasteiger partial charge in [-0.05, 0) is 17.4 Å². The van der Waals surface area contributed by atoms with Gasteiger partial charge in [-0.25, -0.2) is 0 Å². The third kappa shape index (κ3) is 3.07. The summed E-state index contributed by atoms with van der Waals surface area (Å²) in [5.74, 6) is 0.0775. The van der Waals surface area contributed by atoms with Crippen LogP contribution in [-0.4, -0.2) is 16.9 Å². The number of hydrogen-bond acceptors (Lipinski definition) is 2. The Hall–Kier alpha value is -1.42. The maximum atomic E-state index is 11.8. The van der Waals surface area contributed by atoms with Gasteiger partial charge in [-0.15, -0.1) is 0 Å². The number of benzene rings is 1. The number of carbonyl (C=O) groups is 1. The van der Waals surface area contributed by atoms with Crippen molar-refractivity contribution in [2.75, 3.05) is 0 Å². The van der Waals surface area contributed by atoms with Crippen molar-refractivity contribution in [1.82, 2.24) is 5.32 Å². The highest BCUT2D eigenvalue weighted by Gasteiger charge is 2.46. The van der Waals surface area contributed by atoms with E-state index in [0.29, 0.717) is 17.5 Å². The third-order valence-corrected chi connectivity index (χ3v) is 3.69. The van der Waals surface area contributed by atoms with Gasteiger partial charge in [-0.2, -0.15) is 0 Å². The van der Waals surface area contributed by atoms with Crippen molar-refractivity contribution in [3.63, 3.8) is 0 Å². The van der Waals surface area contributed by atoms with E-state index in [9.17, 15) is 4.79 Å². The molecule has 1 amide bonds. The summed E-state index contributed by atoms with van der Waals surface area (Å²) in [6.45, 7) is 4.32. The van der Waals surface area contributed by atoms with Crippen LogP contribution < -0.4 is 11.1 Å². The SMILES string of the molecule is CC1(C)CC1NC(=O)Cc1ccc(C(N)=S)cc1. The van der Waals surface area contributed by atoms with Crippen LogP contribution in [0.15, 0.2) is 24.3 Å². The van der Waals surface area contributed by atoms with Crippen LogP contribution in [0.2, 0.25) is 0 Å². The molecule has 2 rings (SSSR count). The number of nitrogens with one attached hydrogen (secondary N) is 1. The summed E-state index contributed by atoms with van der Waals surface area (Å²) in [6, 6.07) is 7.83. The first kappa shape index (κ1) is 13.0. The molecule has 1 fully saturated rings. The van der Waals surface area contributed by atoms with Gasteiger partial charge in [-0.3, -0.25) is 4.79 Å². The molecule has 1 aliphatic carbocycles. The lowest BCUT2D eigenvalue weighted by molar-refractivity contribution is -0.120. The first-order chi connectivity index (χ1) is 8.38. The molecule has 18 heavy (non-hydrogen) atoms. The maximum absolute atomic E-state index is 11.8. The molecule has 0 aromatic heterocycles. The highest BCUT2D eigenvalue weighted by atomic mass is 32.1. The van der Waals surface area contributed by atoms with Gasteiger partial charge in [-0.1, -0.05) is 50.3 Å². The predicted octanol–water partition coefficient (Wildman–Crippen LogP) is 1.78. The predicted molar refractivity (Wildman–Crippen MR) is 76.4 cm³/mol. The number of rotatable bonds is 4. The van der Waals surface area contributed by atoms with Gasteiger partial charge in [0.2, 0.25) is 5.91 Å². The number of carbonyl (C=O) groups excluding carboxylic acids is 1. The first-order valence-electron chi connectivity index (χ1n) is 6.06. The number of thiocarbonyl (C=S) groups is 1. The fraction of sp³-hybridized carbons (Fsp3) is 0.429. The summed E-state index contributed by atoms with van der Waals surface area (Å²) < 4.78 is 0. The van der Waals surface area contributed by atoms with Crippen LogP contribution in [-0.2, 0) is 11.2 Å². The van der Waals surface area contributed by atoms with E-state index >= 15 is 0 Å². The molecule has 0 aliphatic heterocycles. The molecule has 1 atom stereocenters. The summed E-state index contributed by atoms with van der Waals surface area (Å²) in [6.07, 6.45) is 1.48. The minimum Gasteiger partial charge on any atom is -0.389 e. The van der Waals surface area contributed by atoms with Crippen LogP contribution >= 0.6 is 12.2 Å². The number of hydrogen-bond donors (Lipinski definition) is 2. The average Bonchev–Trinajstić information content (AvgIpc) is 2.86. The topological polar surface area (TPSA) is 55.1 Å². The standard InChI is InChI=1S/C14H18N2OS/c1-14(2)8-11(14)16-12(17)7-9-3-5-10(6-4-9)13(15)18/h3-6,11H,7-8H2,1-2H3,(H2,15,18)(H,16,17). The Kier molecular flexibility index (Phi) is 3.39. The van der Waals surface area contributed by atoms with E-state index in [1.165, 1.54) is 0 Å². The molecule has 4 heteroatoms. The largest absolute Gasteiger partial charge is 0.389 e. The highest BCUT2D eigenvalue weighted by molar-refractivity contribution is 7.80. The molecule has 1 aliphatic rings. The average molecular weight is 262 g/mol. The van der Waals surface area contributed by atoms with Gasteiger partial charge in [0.15, 0.2) is 0 Å². The summed E-state index contributed by atoms with van der Waals surface area (Å²) in [5, 5.41) is 3.04. The lowest BCUT2D eigenvalue weighted by atomic mass is 10.1. The molecular weight excluding hydrogens is 244 g/mol. The summed E-state index contributed by atoms with van der Waals surface area (Å²) >= 11 is 4.88. The minimum atomic E-state index is 0.0775. The molecule has 0 saturated heterocycles. The molecule has 1 aromatic carbocycles. The molecule has 3 N–H and O–H groups in total. The third-order valence-electron chi connectivity index (χ3n) is 3.45. The van der Waals surface area contributed by atoms with Crippen LogP contribution in [0.4, 0.5) is 0 Å². The zero-order valence-electron chi connectivity index (χ0n) is 10.7. The van der Waals surface area contributed by atoms with E-state index in [4.69, 9.17) is 18.0 Å². The molecule has 0 radical (unpaired) electrons. The Morgan fingerprint density at radius 1 is 1.44 bits per heavy atom. The number of amides is 1. The van der Waals surface area contributed by atoms with E-state index in [0.717, 1.165) is 17.5 Å². The van der Waals surface area contributed by atoms with Gasteiger partial charge in [0.1, 0.15) is 4.99 Å². The second-order valence-corrected chi connectivity index (χ2v) is 5.99. The lowest BCUT2D eigenvalue weighted by Crippen LogP contribution is -2.29. The molecule has 1 unspecified atom stereocenters. The Balaban J connectivity index is 1.89. The molecule has 0 bridgehead atoms. The summed E-state index contributed by atoms with van der Waals surface area (Å²) in [4.78, 5) is 12.2. The Bertz CT molecular complexity index is 479. The van der Waals surface area contributed by atoms with Gasteiger partial charge in [0.05, 0.1) is 6.42 Å². The van der Waals surface area contributed by atoms with Crippen molar-refractivity contribution >= 4 is 23.1 Å². The highest BCUT2D eigenvalue weighted by Crippen LogP contribution is 2.44. The van der Waals surface area contributed by atoms with Crippen molar-refractivity contribution in [2.24, 2.45) is 11.1 Å². The monoisotopic (exact) mass is 262 g/mol. The molecule has 0 spiro atoms. The van der Waals surface area contributed by atoms with E-state index < -0.39 is 0 Å². The Morgan fingerprint density at radius 2 is 2.00 bits per heavy atom. The van der Waals surface area contributed by atoms with Crippen LogP contribution in [0, 0.1) is 5.41 Å². The van der Waals surface area contributed by atoms with Crippen LogP contribution in [0.3, 0.4) is 0 Å². The molecule has 3 nitrogen and oxygen atoms in total. The fourth-order valence-corrected chi connectivity index (χ4v) is 2.07. The first-order valence-corrected chi connectivity index (χ1v) is 6.47. The fourth-order valence-electron chi connectivity index (χ4n) is 1.93. The molecule has 0 heterocycles. The smallest absolute Gasteiger partial charge is 0.224 e. The van der Waals surface area contributed by atoms with Crippen molar-refractivity contribution in [2.45, 2.75) is 32.7 Å². The van der Waals surface area contributed by atoms with E-state index in [1.54, 1.807) is 0 Å². The zero-order chi connectivity index (χ0) is 13.3. The van der Waals surface area contributed by atoms with Crippen LogP contribution in [0.1, 0.15) is 31.4 Å². The van der Waals surface area contributed by atoms with Crippen molar-refractivity contribution in [1.29, 1.82) is 0 Å². The van der Waals surface area contributed by atoms with Gasteiger partial charge in [0, 0.05) is 11.6 Å². The molecule has 1 saturated carbocycles. The Labute approximate surface area is 113 Å². The van der Waals surface area contributed by atoms with Gasteiger partial charge < -0.3 is 11.1 Å². The minimum absolute atomic E-state index is 0.0775. The summed E-state index contributed by atoms with van der Waals surface area (Å²) in [7, 11) is 0. The summed E-state index contributed by atoms with van der Waals surface area (Å²) in [5.41, 5.74) is 7.60. The van der Waals surface area contributed by atoms with Crippen molar-refractivity contribution in [3.8, 4) is 0 Å². The second-order valence-electron chi connectivity index (χ2n) is 5.55.